The molecule has 4 fully saturated rings. The van der Waals surface area contributed by atoms with Gasteiger partial charge < -0.3 is 18.9 Å². The fourth-order valence-corrected chi connectivity index (χ4v) is 2.04. The summed E-state index contributed by atoms with van der Waals surface area (Å²) in [6.45, 7) is 8.00. The third-order valence-electron chi connectivity index (χ3n) is 3.31. The molecule has 4 aliphatic rings. The Morgan fingerprint density at radius 3 is 0.520 bits per heavy atom. The third-order valence-corrected chi connectivity index (χ3v) is 3.31. The van der Waals surface area contributed by atoms with Crippen molar-refractivity contribution in [3.05, 3.63) is 0 Å². The van der Waals surface area contributed by atoms with E-state index in [1.807, 2.05) is 0 Å². The molecule has 4 nitrogen and oxygen atoms in total. The molecule has 25 heavy (non-hydrogen) atoms. The summed E-state index contributed by atoms with van der Waals surface area (Å²) in [6.07, 6.45) is 10.2. The third kappa shape index (κ3) is 32.0. The van der Waals surface area contributed by atoms with Gasteiger partial charge in [-0.2, -0.15) is 0 Å². The van der Waals surface area contributed by atoms with Gasteiger partial charge in [0.05, 0.1) is 0 Å². The van der Waals surface area contributed by atoms with E-state index < -0.39 is 19.7 Å². The number of ether oxygens (including phenoxy) is 4. The summed E-state index contributed by atoms with van der Waals surface area (Å²) < 4.78 is 19.8. The fourth-order valence-electron chi connectivity index (χ4n) is 2.04. The van der Waals surface area contributed by atoms with Crippen molar-refractivity contribution in [2.75, 3.05) is 52.9 Å². The minimum absolute atomic E-state index is 1.00. The average molecular weight is 840 g/mol. The first-order valence-electron chi connectivity index (χ1n) is 9.07. The summed E-state index contributed by atoms with van der Waals surface area (Å²) >= 11 is -2.09. The Hall–Kier alpha value is 3.08. The predicted molar refractivity (Wildman–Crippen MR) is 116 cm³/mol. The van der Waals surface area contributed by atoms with Crippen molar-refractivity contribution in [1.82, 2.24) is 0 Å². The fraction of sp³-hybridized carbons (Fsp3) is 1.00. The molecule has 0 bridgehead atoms. The van der Waals surface area contributed by atoms with Crippen LogP contribution >= 0.6 is 36.8 Å². The molecule has 0 aromatic rings. The first-order valence-corrected chi connectivity index (χ1v) is 44.5. The second-order valence-electron chi connectivity index (χ2n) is 5.71. The molecular weight excluding hydrogens is 808 g/mol. The van der Waals surface area contributed by atoms with E-state index in [1.54, 1.807) is 0 Å². The predicted octanol–water partition coefficient (Wildman–Crippen LogP) is 6.57. The first kappa shape index (κ1) is 28.1. The molecule has 0 saturated carbocycles. The van der Waals surface area contributed by atoms with Gasteiger partial charge in [-0.05, 0) is 51.4 Å². The van der Waals surface area contributed by atoms with Gasteiger partial charge in [0.15, 0.2) is 0 Å². The zero-order valence-corrected chi connectivity index (χ0v) is 25.4. The van der Waals surface area contributed by atoms with E-state index in [4.69, 9.17) is 18.9 Å². The van der Waals surface area contributed by atoms with E-state index in [-0.39, 0.29) is 0 Å². The van der Waals surface area contributed by atoms with Crippen LogP contribution in [0.2, 0.25) is 0 Å². The van der Waals surface area contributed by atoms with Crippen molar-refractivity contribution in [3.8, 4) is 0 Å². The Bertz CT molecular complexity index is 179. The number of hydrogen-bond donors (Lipinski definition) is 0. The molecule has 0 N–H and O–H groups in total. The number of rotatable bonds is 0. The quantitative estimate of drug-likeness (QED) is 0.277. The Morgan fingerprint density at radius 2 is 0.480 bits per heavy atom. The topological polar surface area (TPSA) is 36.9 Å². The van der Waals surface area contributed by atoms with Crippen molar-refractivity contribution in [2.45, 2.75) is 51.4 Å². The summed E-state index contributed by atoms with van der Waals surface area (Å²) in [4.78, 5) is 0. The Balaban J connectivity index is 0.000000288. The van der Waals surface area contributed by atoms with Gasteiger partial charge in [-0.15, -0.1) is 0 Å². The second-order valence-corrected chi connectivity index (χ2v) is 112. The van der Waals surface area contributed by atoms with Crippen LogP contribution in [0.3, 0.4) is 0 Å². The molecule has 0 unspecified atom stereocenters. The molecule has 4 saturated heterocycles. The van der Waals surface area contributed by atoms with E-state index in [0.717, 1.165) is 52.9 Å². The van der Waals surface area contributed by atoms with Gasteiger partial charge in [0.25, 0.3) is 0 Å². The Morgan fingerprint density at radius 1 is 0.360 bits per heavy atom. The van der Waals surface area contributed by atoms with Crippen LogP contribution in [0, 0.1) is 19.7 Å². The van der Waals surface area contributed by atoms with Crippen molar-refractivity contribution >= 4 is 36.8 Å². The molecule has 0 aromatic heterocycles. The molecule has 0 amide bonds. The van der Waals surface area contributed by atoms with Crippen molar-refractivity contribution in [2.24, 2.45) is 0 Å². The molecule has 0 radical (unpaired) electrons. The molecule has 0 atom stereocenters. The van der Waals surface area contributed by atoms with Crippen molar-refractivity contribution < 1.29 is 38.6 Å². The molecule has 152 valence electrons. The maximum atomic E-state index is 4.94. The molecule has 0 aliphatic carbocycles. The van der Waals surface area contributed by atoms with Crippen molar-refractivity contribution in [1.29, 1.82) is 0 Å². The summed E-state index contributed by atoms with van der Waals surface area (Å²) in [6, 6.07) is 0. The van der Waals surface area contributed by atoms with Gasteiger partial charge in [0.1, 0.15) is 0 Å². The van der Waals surface area contributed by atoms with Crippen LogP contribution < -0.4 is 0 Å². The van der Waals surface area contributed by atoms with Crippen LogP contribution in [-0.2, 0) is 18.9 Å². The summed E-state index contributed by atoms with van der Waals surface area (Å²) in [5.41, 5.74) is 0. The first-order chi connectivity index (χ1) is 12.0. The summed E-state index contributed by atoms with van der Waals surface area (Å²) in [5.74, 6) is 0. The van der Waals surface area contributed by atoms with Crippen LogP contribution in [0.5, 0.6) is 0 Å². The van der Waals surface area contributed by atoms with Gasteiger partial charge in [0.2, 0.25) is 0 Å². The molecule has 0 aromatic carbocycles. The maximum absolute atomic E-state index is 4.94. The van der Waals surface area contributed by atoms with Gasteiger partial charge in [-0.25, -0.2) is 0 Å². The van der Waals surface area contributed by atoms with E-state index in [9.17, 15) is 0 Å². The normalized spacial score (nSPS) is 21.6. The van der Waals surface area contributed by atoms with E-state index in [0.29, 0.717) is 0 Å². The van der Waals surface area contributed by atoms with Gasteiger partial charge >= 0.3 is 56.5 Å². The van der Waals surface area contributed by atoms with Crippen LogP contribution in [0.25, 0.3) is 0 Å². The molecule has 4 heterocycles. The SMILES string of the molecule is C1CCOC1.C1CCOC1.C1CCOC1.C1CCOC1.[Br][Th]([Br])([Br])[Br]. The zero-order chi connectivity index (χ0) is 18.6. The average Bonchev–Trinajstić information content (AvgIpc) is 3.46. The van der Waals surface area contributed by atoms with Crippen LogP contribution in [0.15, 0.2) is 0 Å². The minimum atomic E-state index is -2.09. The molecule has 4 rings (SSSR count). The monoisotopic (exact) mass is 836 g/mol. The van der Waals surface area contributed by atoms with E-state index in [1.165, 1.54) is 51.4 Å². The van der Waals surface area contributed by atoms with E-state index in [2.05, 4.69) is 36.8 Å². The Kier molecular flexibility index (Phi) is 24.5. The van der Waals surface area contributed by atoms with Gasteiger partial charge in [-0.3, -0.25) is 0 Å². The zero-order valence-electron chi connectivity index (χ0n) is 15.0. The standard InChI is InChI=1S/4C4H8O.4BrH.Th/c4*1-2-4-5-3-1;;;;;/h4*1-4H2;4*1H;/q;;;;;;;;+4/p-4. The summed E-state index contributed by atoms with van der Waals surface area (Å²) in [7, 11) is 13.4. The van der Waals surface area contributed by atoms with Crippen molar-refractivity contribution in [3.63, 3.8) is 0 Å². The van der Waals surface area contributed by atoms with Gasteiger partial charge in [0, 0.05) is 52.9 Å². The van der Waals surface area contributed by atoms with E-state index >= 15 is 0 Å². The van der Waals surface area contributed by atoms with Gasteiger partial charge in [-0.1, -0.05) is 0 Å². The molecular formula is C16H32Br4O4Th. The van der Waals surface area contributed by atoms with Crippen LogP contribution in [-0.4, -0.2) is 52.9 Å². The molecule has 9 heteroatoms. The van der Waals surface area contributed by atoms with Crippen LogP contribution in [0.1, 0.15) is 51.4 Å². The number of hydrogen-bond acceptors (Lipinski definition) is 4. The second kappa shape index (κ2) is 21.8. The Labute approximate surface area is 177 Å². The summed E-state index contributed by atoms with van der Waals surface area (Å²) in [5, 5.41) is 0. The molecule has 4 aliphatic heterocycles. The molecule has 0 spiro atoms. The number of halogens is 4. The van der Waals surface area contributed by atoms with Crippen LogP contribution in [0.4, 0.5) is 0 Å².